The Morgan fingerprint density at radius 1 is 1.24 bits per heavy atom. The van der Waals surface area contributed by atoms with Crippen LogP contribution in [-0.2, 0) is 11.3 Å². The van der Waals surface area contributed by atoms with E-state index in [4.69, 9.17) is 5.21 Å². The molecule has 5 nitrogen and oxygen atoms in total. The molecule has 2 aromatic rings. The lowest BCUT2D eigenvalue weighted by molar-refractivity contribution is -0.145. The number of halogens is 1. The number of carbonyl (C=O) groups is 1. The Kier molecular flexibility index (Phi) is 4.85. The van der Waals surface area contributed by atoms with E-state index in [-0.39, 0.29) is 18.7 Å². The molecule has 6 heteroatoms. The summed E-state index contributed by atoms with van der Waals surface area (Å²) < 4.78 is 14.1. The minimum Gasteiger partial charge on any atom is -0.393 e. The SMILES string of the molecule is Cc1ccc(-c2ccc(CNC3(C(=O)NO)CC(O)C3)cc2)c(F)c1. The Labute approximate surface area is 145 Å². The molecular weight excluding hydrogens is 323 g/mol. The van der Waals surface area contributed by atoms with Crippen molar-refractivity contribution in [2.24, 2.45) is 0 Å². The highest BCUT2D eigenvalue weighted by molar-refractivity contribution is 5.86. The number of rotatable bonds is 5. The minimum atomic E-state index is -0.949. The van der Waals surface area contributed by atoms with E-state index in [2.05, 4.69) is 5.32 Å². The molecule has 1 aliphatic rings. The van der Waals surface area contributed by atoms with Gasteiger partial charge in [-0.05, 0) is 29.7 Å². The number of hydroxylamine groups is 1. The summed E-state index contributed by atoms with van der Waals surface area (Å²) >= 11 is 0. The number of aliphatic hydroxyl groups is 1. The van der Waals surface area contributed by atoms with Gasteiger partial charge in [0.2, 0.25) is 0 Å². The normalized spacial score (nSPS) is 22.3. The van der Waals surface area contributed by atoms with Gasteiger partial charge in [-0.3, -0.25) is 15.3 Å². The van der Waals surface area contributed by atoms with Crippen molar-refractivity contribution >= 4 is 5.91 Å². The lowest BCUT2D eigenvalue weighted by Crippen LogP contribution is -2.65. The van der Waals surface area contributed by atoms with Crippen molar-refractivity contribution < 1.29 is 19.5 Å². The predicted molar refractivity (Wildman–Crippen MR) is 91.3 cm³/mol. The van der Waals surface area contributed by atoms with Gasteiger partial charge in [-0.25, -0.2) is 9.87 Å². The molecule has 0 heterocycles. The van der Waals surface area contributed by atoms with Crippen molar-refractivity contribution in [1.29, 1.82) is 0 Å². The van der Waals surface area contributed by atoms with E-state index in [0.29, 0.717) is 12.1 Å². The molecule has 1 saturated carbocycles. The van der Waals surface area contributed by atoms with Gasteiger partial charge in [0.05, 0.1) is 6.10 Å². The summed E-state index contributed by atoms with van der Waals surface area (Å²) in [7, 11) is 0. The lowest BCUT2D eigenvalue weighted by Gasteiger charge is -2.43. The van der Waals surface area contributed by atoms with Crippen LogP contribution in [0.15, 0.2) is 42.5 Å². The lowest BCUT2D eigenvalue weighted by atomic mass is 9.73. The third kappa shape index (κ3) is 3.56. The van der Waals surface area contributed by atoms with Crippen molar-refractivity contribution in [3.8, 4) is 11.1 Å². The van der Waals surface area contributed by atoms with Crippen LogP contribution in [-0.4, -0.2) is 27.9 Å². The number of nitrogens with one attached hydrogen (secondary N) is 2. The van der Waals surface area contributed by atoms with Crippen molar-refractivity contribution in [3.63, 3.8) is 0 Å². The average molecular weight is 344 g/mol. The Bertz CT molecular complexity index is 771. The van der Waals surface area contributed by atoms with E-state index < -0.39 is 17.6 Å². The van der Waals surface area contributed by atoms with Gasteiger partial charge >= 0.3 is 0 Å². The first-order valence-electron chi connectivity index (χ1n) is 8.17. The Hall–Kier alpha value is -2.28. The molecule has 0 atom stereocenters. The molecule has 132 valence electrons. The fourth-order valence-electron chi connectivity index (χ4n) is 3.19. The second-order valence-electron chi connectivity index (χ2n) is 6.62. The van der Waals surface area contributed by atoms with Gasteiger partial charge in [0, 0.05) is 24.9 Å². The van der Waals surface area contributed by atoms with Gasteiger partial charge in [0.1, 0.15) is 11.4 Å². The largest absolute Gasteiger partial charge is 0.393 e. The van der Waals surface area contributed by atoms with Crippen LogP contribution in [0.3, 0.4) is 0 Å². The second-order valence-corrected chi connectivity index (χ2v) is 6.62. The van der Waals surface area contributed by atoms with Gasteiger partial charge < -0.3 is 5.11 Å². The molecule has 3 rings (SSSR count). The summed E-state index contributed by atoms with van der Waals surface area (Å²) in [6, 6.07) is 12.5. The quantitative estimate of drug-likeness (QED) is 0.495. The molecule has 25 heavy (non-hydrogen) atoms. The third-order valence-electron chi connectivity index (χ3n) is 4.72. The smallest absolute Gasteiger partial charge is 0.263 e. The van der Waals surface area contributed by atoms with E-state index in [1.165, 1.54) is 6.07 Å². The Morgan fingerprint density at radius 2 is 1.92 bits per heavy atom. The van der Waals surface area contributed by atoms with E-state index in [1.807, 2.05) is 37.3 Å². The zero-order valence-corrected chi connectivity index (χ0v) is 13.9. The molecule has 0 saturated heterocycles. The maximum absolute atomic E-state index is 14.1. The number of benzene rings is 2. The van der Waals surface area contributed by atoms with Gasteiger partial charge in [-0.1, -0.05) is 36.4 Å². The Morgan fingerprint density at radius 3 is 2.48 bits per heavy atom. The first kappa shape index (κ1) is 17.5. The van der Waals surface area contributed by atoms with Crippen LogP contribution in [0.25, 0.3) is 11.1 Å². The highest BCUT2D eigenvalue weighted by Crippen LogP contribution is 2.33. The summed E-state index contributed by atoms with van der Waals surface area (Å²) in [6.07, 6.45) is -0.0327. The maximum atomic E-state index is 14.1. The van der Waals surface area contributed by atoms with Crippen LogP contribution < -0.4 is 10.8 Å². The molecule has 1 amide bonds. The topological polar surface area (TPSA) is 81.6 Å². The number of carbonyl (C=O) groups excluding carboxylic acids is 1. The van der Waals surface area contributed by atoms with Crippen LogP contribution in [0.5, 0.6) is 0 Å². The van der Waals surface area contributed by atoms with Crippen molar-refractivity contribution in [2.45, 2.75) is 38.0 Å². The molecule has 1 fully saturated rings. The Balaban J connectivity index is 1.69. The highest BCUT2D eigenvalue weighted by Gasteiger charge is 2.49. The average Bonchev–Trinajstić information content (AvgIpc) is 2.57. The van der Waals surface area contributed by atoms with Crippen molar-refractivity contribution in [1.82, 2.24) is 10.8 Å². The summed E-state index contributed by atoms with van der Waals surface area (Å²) in [5.74, 6) is -0.802. The molecule has 1 aliphatic carbocycles. The zero-order valence-electron chi connectivity index (χ0n) is 13.9. The van der Waals surface area contributed by atoms with Gasteiger partial charge in [-0.15, -0.1) is 0 Å². The highest BCUT2D eigenvalue weighted by atomic mass is 19.1. The van der Waals surface area contributed by atoms with Gasteiger partial charge in [0.15, 0.2) is 0 Å². The summed E-state index contributed by atoms with van der Waals surface area (Å²) in [4.78, 5) is 11.8. The van der Waals surface area contributed by atoms with Crippen molar-refractivity contribution in [3.05, 3.63) is 59.4 Å². The second kappa shape index (κ2) is 6.92. The van der Waals surface area contributed by atoms with Crippen LogP contribution in [0.4, 0.5) is 4.39 Å². The van der Waals surface area contributed by atoms with E-state index in [9.17, 15) is 14.3 Å². The number of hydrogen-bond donors (Lipinski definition) is 4. The zero-order chi connectivity index (χ0) is 18.0. The minimum absolute atomic E-state index is 0.256. The number of hydrogen-bond acceptors (Lipinski definition) is 4. The van der Waals surface area contributed by atoms with E-state index in [1.54, 1.807) is 11.5 Å². The standard InChI is InChI=1S/C19H21FN2O3/c1-12-2-7-16(17(20)8-12)14-5-3-13(4-6-14)11-21-19(18(24)22-25)9-15(23)10-19/h2-8,15,21,23,25H,9-11H2,1H3,(H,22,24). The molecule has 0 unspecified atom stereocenters. The van der Waals surface area contributed by atoms with Crippen LogP contribution in [0.2, 0.25) is 0 Å². The fourth-order valence-corrected chi connectivity index (χ4v) is 3.19. The monoisotopic (exact) mass is 344 g/mol. The number of aliphatic hydroxyl groups excluding tert-OH is 1. The molecule has 4 N–H and O–H groups in total. The summed E-state index contributed by atoms with van der Waals surface area (Å²) in [6.45, 7) is 2.24. The number of amides is 1. The van der Waals surface area contributed by atoms with E-state index in [0.717, 1.165) is 16.7 Å². The van der Waals surface area contributed by atoms with Crippen LogP contribution >= 0.6 is 0 Å². The van der Waals surface area contributed by atoms with Crippen molar-refractivity contribution in [2.75, 3.05) is 0 Å². The van der Waals surface area contributed by atoms with Gasteiger partial charge in [0.25, 0.3) is 5.91 Å². The molecule has 0 bridgehead atoms. The van der Waals surface area contributed by atoms with E-state index >= 15 is 0 Å². The van der Waals surface area contributed by atoms with Gasteiger partial charge in [-0.2, -0.15) is 0 Å². The maximum Gasteiger partial charge on any atom is 0.263 e. The number of aryl methyl sites for hydroxylation is 1. The third-order valence-corrected chi connectivity index (χ3v) is 4.72. The van der Waals surface area contributed by atoms with Crippen LogP contribution in [0.1, 0.15) is 24.0 Å². The molecule has 2 aromatic carbocycles. The summed E-state index contributed by atoms with van der Waals surface area (Å²) in [5, 5.41) is 21.5. The molecule has 0 aromatic heterocycles. The summed E-state index contributed by atoms with van der Waals surface area (Å²) in [5.41, 5.74) is 3.82. The first-order valence-corrected chi connectivity index (χ1v) is 8.17. The predicted octanol–water partition coefficient (Wildman–Crippen LogP) is 2.29. The van der Waals surface area contributed by atoms with Crippen LogP contribution in [0, 0.1) is 12.7 Å². The molecular formula is C19H21FN2O3. The molecule has 0 aliphatic heterocycles. The molecule has 0 radical (unpaired) electrons. The first-order chi connectivity index (χ1) is 11.9. The molecule has 0 spiro atoms. The fraction of sp³-hybridized carbons (Fsp3) is 0.316.